The van der Waals surface area contributed by atoms with Crippen LogP contribution in [0, 0.1) is 0 Å². The van der Waals surface area contributed by atoms with Crippen molar-refractivity contribution < 1.29 is 113 Å². The van der Waals surface area contributed by atoms with E-state index in [-0.39, 0.29) is 84.3 Å². The van der Waals surface area contributed by atoms with Crippen molar-refractivity contribution in [3.8, 4) is 0 Å². The second-order valence-corrected chi connectivity index (χ2v) is 15.3. The van der Waals surface area contributed by atoms with Crippen LogP contribution in [0.25, 0.3) is 0 Å². The van der Waals surface area contributed by atoms with Crippen LogP contribution in [0.1, 0.15) is 194 Å². The molecule has 0 aliphatic heterocycles. The van der Waals surface area contributed by atoms with Crippen LogP contribution in [0.5, 0.6) is 0 Å². The topological polar surface area (TPSA) is 197 Å². The van der Waals surface area contributed by atoms with E-state index < -0.39 is 32.3 Å². The van der Waals surface area contributed by atoms with Gasteiger partial charge < -0.3 is 44.3 Å². The molecule has 0 aromatic rings. The van der Waals surface area contributed by atoms with Gasteiger partial charge in [-0.2, -0.15) is 0 Å². The van der Waals surface area contributed by atoms with Crippen LogP contribution in [0.3, 0.4) is 0 Å². The number of rotatable bonds is 35. The SMILES string of the molecule is CCCCCCCCCCCCCCCC(=O)OC[C@H](CO)OC(=O)CCCCCCCCCCCCCCC.O=P([O-])([O-])C(O)C(O)CO.[Na+].[Na+]. The number of aliphatic hydroxyl groups is 4. The van der Waals surface area contributed by atoms with Gasteiger partial charge in [0.05, 0.1) is 13.2 Å². The molecule has 3 atom stereocenters. The van der Waals surface area contributed by atoms with Crippen molar-refractivity contribution in [3.63, 3.8) is 0 Å². The minimum atomic E-state index is -5.18. The van der Waals surface area contributed by atoms with Gasteiger partial charge in [-0.25, -0.2) is 0 Å². The number of ether oxygens (including phenoxy) is 2. The second-order valence-electron chi connectivity index (χ2n) is 13.7. The van der Waals surface area contributed by atoms with Gasteiger partial charge in [0, 0.05) is 12.8 Å². The number of carbonyl (C=O) groups is 2. The summed E-state index contributed by atoms with van der Waals surface area (Å²) in [6.07, 6.45) is 31.0. The molecule has 300 valence electrons. The van der Waals surface area contributed by atoms with E-state index in [2.05, 4.69) is 13.8 Å². The molecule has 0 aromatic carbocycles. The molecule has 0 amide bonds. The third-order valence-corrected chi connectivity index (χ3v) is 9.75. The first-order chi connectivity index (χ1) is 24.0. The van der Waals surface area contributed by atoms with Crippen molar-refractivity contribution in [1.29, 1.82) is 0 Å². The first-order valence-electron chi connectivity index (χ1n) is 20.0. The van der Waals surface area contributed by atoms with E-state index in [0.29, 0.717) is 12.8 Å². The number of hydrogen-bond acceptors (Lipinski definition) is 11. The Morgan fingerprint density at radius 2 is 0.846 bits per heavy atom. The molecule has 2 unspecified atom stereocenters. The van der Waals surface area contributed by atoms with Crippen LogP contribution in [0.4, 0.5) is 0 Å². The Morgan fingerprint density at radius 1 is 0.538 bits per heavy atom. The minimum Gasteiger partial charge on any atom is -0.809 e. The third-order valence-electron chi connectivity index (χ3n) is 8.76. The molecule has 0 radical (unpaired) electrons. The number of hydrogen-bond donors (Lipinski definition) is 4. The second kappa shape index (κ2) is 44.6. The smallest absolute Gasteiger partial charge is 0.809 e. The van der Waals surface area contributed by atoms with E-state index in [4.69, 9.17) is 24.8 Å². The monoisotopic (exact) mass is 784 g/mol. The molecule has 0 bridgehead atoms. The predicted octanol–water partition coefficient (Wildman–Crippen LogP) is 0.976. The first-order valence-corrected chi connectivity index (χ1v) is 21.6. The van der Waals surface area contributed by atoms with Crippen LogP contribution in [0.15, 0.2) is 0 Å². The minimum absolute atomic E-state index is 0. The van der Waals surface area contributed by atoms with Crippen LogP contribution < -0.4 is 68.9 Å². The van der Waals surface area contributed by atoms with Crippen LogP contribution in [0.2, 0.25) is 0 Å². The van der Waals surface area contributed by atoms with Gasteiger partial charge in [-0.1, -0.05) is 168 Å². The van der Waals surface area contributed by atoms with Gasteiger partial charge >= 0.3 is 71.1 Å². The van der Waals surface area contributed by atoms with E-state index in [1.807, 2.05) is 0 Å². The summed E-state index contributed by atoms with van der Waals surface area (Å²) in [5, 5.41) is 34.3. The Labute approximate surface area is 361 Å². The molecule has 52 heavy (non-hydrogen) atoms. The predicted molar refractivity (Wildman–Crippen MR) is 195 cm³/mol. The van der Waals surface area contributed by atoms with Crippen LogP contribution >= 0.6 is 7.60 Å². The first kappa shape index (κ1) is 59.6. The van der Waals surface area contributed by atoms with Crippen molar-refractivity contribution in [3.05, 3.63) is 0 Å². The summed E-state index contributed by atoms with van der Waals surface area (Å²) in [6.45, 7) is 3.18. The zero-order valence-electron chi connectivity index (χ0n) is 33.7. The number of carbonyl (C=O) groups excluding carboxylic acids is 2. The normalized spacial score (nSPS) is 12.8. The van der Waals surface area contributed by atoms with E-state index in [1.54, 1.807) is 0 Å². The Kier molecular flexibility index (Phi) is 51.2. The van der Waals surface area contributed by atoms with E-state index >= 15 is 0 Å². The van der Waals surface area contributed by atoms with Gasteiger partial charge in [0.2, 0.25) is 0 Å². The van der Waals surface area contributed by atoms with Crippen LogP contribution in [-0.4, -0.2) is 70.2 Å². The number of aliphatic hydroxyl groups excluding tert-OH is 4. The molecular weight excluding hydrogens is 709 g/mol. The molecule has 0 heterocycles. The van der Waals surface area contributed by atoms with Crippen molar-refractivity contribution >= 4 is 19.5 Å². The third kappa shape index (κ3) is 43.7. The van der Waals surface area contributed by atoms with Gasteiger partial charge in [-0.05, 0) is 20.4 Å². The maximum atomic E-state index is 12.1. The maximum absolute atomic E-state index is 12.1. The zero-order valence-corrected chi connectivity index (χ0v) is 38.6. The molecule has 0 spiro atoms. The molecule has 4 N–H and O–H groups in total. The van der Waals surface area contributed by atoms with E-state index in [1.165, 1.54) is 135 Å². The fraction of sp³-hybridized carbons (Fsp3) is 0.947. The van der Waals surface area contributed by atoms with E-state index in [9.17, 15) is 29.0 Å². The molecule has 0 aliphatic rings. The van der Waals surface area contributed by atoms with Crippen molar-refractivity contribution in [2.45, 2.75) is 212 Å². The molecule has 0 aliphatic carbocycles. The van der Waals surface area contributed by atoms with Gasteiger partial charge in [0.15, 0.2) is 6.10 Å². The average Bonchev–Trinajstić information content (AvgIpc) is 3.09. The molecule has 0 saturated heterocycles. The summed E-state index contributed by atoms with van der Waals surface area (Å²) in [7, 11) is -5.18. The summed E-state index contributed by atoms with van der Waals surface area (Å²) in [6, 6.07) is 0. The summed E-state index contributed by atoms with van der Waals surface area (Å²) in [5.74, 6) is -3.00. The summed E-state index contributed by atoms with van der Waals surface area (Å²) < 4.78 is 20.4. The van der Waals surface area contributed by atoms with Gasteiger partial charge in [0.1, 0.15) is 18.6 Å². The van der Waals surface area contributed by atoms with Gasteiger partial charge in [-0.15, -0.1) is 0 Å². The Hall–Kier alpha value is 0.930. The molecule has 14 heteroatoms. The largest absolute Gasteiger partial charge is 1.00 e. The Morgan fingerprint density at radius 3 is 1.12 bits per heavy atom. The molecular formula is C38H75Na2O11P. The van der Waals surface area contributed by atoms with Crippen LogP contribution in [-0.2, 0) is 23.6 Å². The molecule has 0 aromatic heterocycles. The van der Waals surface area contributed by atoms with Gasteiger partial charge in [-0.3, -0.25) is 9.59 Å². The average molecular weight is 785 g/mol. The van der Waals surface area contributed by atoms with E-state index in [0.717, 1.165) is 32.1 Å². The molecule has 0 rings (SSSR count). The quantitative estimate of drug-likeness (QED) is 0.0310. The summed E-state index contributed by atoms with van der Waals surface area (Å²) in [5.41, 5.74) is 0. The van der Waals surface area contributed by atoms with Crippen molar-refractivity contribution in [1.82, 2.24) is 0 Å². The summed E-state index contributed by atoms with van der Waals surface area (Å²) in [4.78, 5) is 43.9. The number of esters is 2. The molecule has 0 saturated carbocycles. The fourth-order valence-corrected chi connectivity index (χ4v) is 6.02. The van der Waals surface area contributed by atoms with Gasteiger partial charge in [0.25, 0.3) is 0 Å². The number of unbranched alkanes of at least 4 members (excludes halogenated alkanes) is 24. The zero-order chi connectivity index (χ0) is 37.7. The Balaban J connectivity index is -0.000000831. The van der Waals surface area contributed by atoms with Crippen molar-refractivity contribution in [2.24, 2.45) is 0 Å². The fourth-order valence-electron chi connectivity index (χ4n) is 5.51. The van der Waals surface area contributed by atoms with Crippen molar-refractivity contribution in [2.75, 3.05) is 19.8 Å². The Bertz CT molecular complexity index is 805. The maximum Gasteiger partial charge on any atom is 1.00 e. The summed E-state index contributed by atoms with van der Waals surface area (Å²) >= 11 is 0. The standard InChI is InChI=1S/C35H68O5.C3H9O6P.2Na/c1-3-5-7-9-11-13-15-17-19-21-23-25-27-29-34(37)39-32-33(31-36)40-35(38)30-28-26-24-22-20-18-16-14-12-10-8-6-4-2;4-1-2(5)3(6)10(7,8)9;;/h33,36H,3-32H2,1-2H3;2-6H,1H2,(H2,7,8,9);;/q;;2*+1/p-2/t33-;;;/m0.../s1. The molecule has 0 fully saturated rings. The molecule has 11 nitrogen and oxygen atoms in total.